The van der Waals surface area contributed by atoms with Crippen molar-refractivity contribution in [2.75, 3.05) is 18.1 Å². The topological polar surface area (TPSA) is 93.1 Å². The van der Waals surface area contributed by atoms with Gasteiger partial charge >= 0.3 is 0 Å². The van der Waals surface area contributed by atoms with Gasteiger partial charge in [0.1, 0.15) is 0 Å². The van der Waals surface area contributed by atoms with Crippen LogP contribution in [0.4, 0.5) is 5.82 Å². The van der Waals surface area contributed by atoms with Crippen molar-refractivity contribution in [3.8, 4) is 0 Å². The summed E-state index contributed by atoms with van der Waals surface area (Å²) in [4.78, 5) is 15.6. The minimum absolute atomic E-state index is 0.198. The highest BCUT2D eigenvalue weighted by molar-refractivity contribution is 7.88. The third-order valence-electron chi connectivity index (χ3n) is 2.18. The number of rotatable bonds is 5. The molecule has 0 radical (unpaired) electrons. The maximum atomic E-state index is 11.7. The third kappa shape index (κ3) is 4.46. The largest absolute Gasteiger partial charge is 0.364 e. The number of sulfonamides is 1. The summed E-state index contributed by atoms with van der Waals surface area (Å²) < 4.78 is 26.2. The Bertz CT molecular complexity index is 577. The van der Waals surface area contributed by atoms with Crippen molar-refractivity contribution in [2.45, 2.75) is 19.4 Å². The molecular weight excluding hydrogens is 256 g/mol. The van der Waals surface area contributed by atoms with E-state index in [0.29, 0.717) is 0 Å². The average molecular weight is 274 g/mol. The van der Waals surface area contributed by atoms with Gasteiger partial charge in [-0.2, -0.15) is 0 Å². The number of nitrogens with zero attached hydrogens (tertiary/aromatic N) is 2. The zero-order chi connectivity index (χ0) is 14.0. The molecular formula is C10H18N4O3S. The highest BCUT2D eigenvalue weighted by Crippen LogP contribution is 2.04. The van der Waals surface area contributed by atoms with Crippen LogP contribution in [0.15, 0.2) is 17.2 Å². The van der Waals surface area contributed by atoms with Gasteiger partial charge in [0.05, 0.1) is 6.26 Å². The molecule has 0 amide bonds. The summed E-state index contributed by atoms with van der Waals surface area (Å²) in [5.74, 6) is 0.198. The zero-order valence-corrected chi connectivity index (χ0v) is 11.7. The molecule has 18 heavy (non-hydrogen) atoms. The number of hydrogen-bond donors (Lipinski definition) is 2. The fraction of sp³-hybridized carbons (Fsp3) is 0.600. The summed E-state index contributed by atoms with van der Waals surface area (Å²) in [6.45, 7) is 3.69. The van der Waals surface area contributed by atoms with Crippen LogP contribution in [0.2, 0.25) is 0 Å². The molecule has 0 saturated carbocycles. The SMILES string of the molecule is Cn1ccnc(NCC(C)(C)NS(C)(=O)=O)c1=O. The van der Waals surface area contributed by atoms with Gasteiger partial charge in [-0.25, -0.2) is 18.1 Å². The predicted molar refractivity (Wildman–Crippen MR) is 70.0 cm³/mol. The molecule has 0 atom stereocenters. The molecule has 0 saturated heterocycles. The molecule has 0 fully saturated rings. The molecule has 0 spiro atoms. The van der Waals surface area contributed by atoms with Gasteiger partial charge in [-0.15, -0.1) is 0 Å². The minimum Gasteiger partial charge on any atom is -0.364 e. The number of aromatic nitrogens is 2. The number of nitrogens with one attached hydrogen (secondary N) is 2. The second-order valence-corrected chi connectivity index (χ2v) is 6.55. The summed E-state index contributed by atoms with van der Waals surface area (Å²) in [6.07, 6.45) is 4.14. The van der Waals surface area contributed by atoms with E-state index >= 15 is 0 Å². The second-order valence-electron chi connectivity index (χ2n) is 4.80. The van der Waals surface area contributed by atoms with Crippen molar-refractivity contribution < 1.29 is 8.42 Å². The van der Waals surface area contributed by atoms with Crippen LogP contribution in [0.3, 0.4) is 0 Å². The summed E-state index contributed by atoms with van der Waals surface area (Å²) in [5.41, 5.74) is -0.969. The number of anilines is 1. The Kier molecular flexibility index (Phi) is 4.12. The summed E-state index contributed by atoms with van der Waals surface area (Å²) in [5, 5.41) is 2.85. The maximum Gasteiger partial charge on any atom is 0.293 e. The van der Waals surface area contributed by atoms with E-state index in [0.717, 1.165) is 6.26 Å². The Morgan fingerprint density at radius 3 is 2.61 bits per heavy atom. The molecule has 0 bridgehead atoms. The highest BCUT2D eigenvalue weighted by Gasteiger charge is 2.22. The summed E-state index contributed by atoms with van der Waals surface area (Å²) in [6, 6.07) is 0. The smallest absolute Gasteiger partial charge is 0.293 e. The lowest BCUT2D eigenvalue weighted by atomic mass is 10.1. The van der Waals surface area contributed by atoms with Crippen molar-refractivity contribution in [2.24, 2.45) is 7.05 Å². The van der Waals surface area contributed by atoms with Gasteiger partial charge in [0, 0.05) is 31.5 Å². The molecule has 0 unspecified atom stereocenters. The van der Waals surface area contributed by atoms with Gasteiger partial charge in [0.2, 0.25) is 10.0 Å². The highest BCUT2D eigenvalue weighted by atomic mass is 32.2. The molecule has 1 aromatic rings. The fourth-order valence-electron chi connectivity index (χ4n) is 1.46. The van der Waals surface area contributed by atoms with E-state index in [4.69, 9.17) is 0 Å². The Labute approximate surface area is 106 Å². The summed E-state index contributed by atoms with van der Waals surface area (Å²) in [7, 11) is -1.68. The molecule has 1 aromatic heterocycles. The first-order valence-corrected chi connectivity index (χ1v) is 7.24. The Hall–Kier alpha value is -1.41. The molecule has 1 heterocycles. The van der Waals surface area contributed by atoms with Crippen molar-refractivity contribution in [1.29, 1.82) is 0 Å². The van der Waals surface area contributed by atoms with Crippen molar-refractivity contribution in [3.05, 3.63) is 22.7 Å². The monoisotopic (exact) mass is 274 g/mol. The lowest BCUT2D eigenvalue weighted by molar-refractivity contribution is 0.475. The van der Waals surface area contributed by atoms with E-state index in [1.807, 2.05) is 0 Å². The molecule has 102 valence electrons. The zero-order valence-electron chi connectivity index (χ0n) is 10.9. The first-order chi connectivity index (χ1) is 8.11. The van der Waals surface area contributed by atoms with Gasteiger partial charge in [-0.3, -0.25) is 4.79 Å². The van der Waals surface area contributed by atoms with Crippen LogP contribution in [0, 0.1) is 0 Å². The lowest BCUT2D eigenvalue weighted by Gasteiger charge is -2.25. The molecule has 0 aliphatic heterocycles. The fourth-order valence-corrected chi connectivity index (χ4v) is 2.54. The van der Waals surface area contributed by atoms with Gasteiger partial charge in [0.15, 0.2) is 5.82 Å². The van der Waals surface area contributed by atoms with Gasteiger partial charge in [-0.1, -0.05) is 0 Å². The van der Waals surface area contributed by atoms with Crippen molar-refractivity contribution in [3.63, 3.8) is 0 Å². The molecule has 1 rings (SSSR count). The predicted octanol–water partition coefficient (Wildman–Crippen LogP) is -0.480. The third-order valence-corrected chi connectivity index (χ3v) is 3.10. The molecule has 0 aliphatic carbocycles. The standard InChI is InChI=1S/C10H18N4O3S/c1-10(2,13-18(4,16)17)7-12-8-9(15)14(3)6-5-11-8/h5-6,13H,7H2,1-4H3,(H,11,12). The average Bonchev–Trinajstić information content (AvgIpc) is 2.17. The molecule has 0 aliphatic rings. The Morgan fingerprint density at radius 2 is 2.06 bits per heavy atom. The van der Waals surface area contributed by atoms with E-state index in [1.54, 1.807) is 27.1 Å². The molecule has 8 heteroatoms. The second kappa shape index (κ2) is 5.07. The Morgan fingerprint density at radius 1 is 1.44 bits per heavy atom. The van der Waals surface area contributed by atoms with Crippen molar-refractivity contribution >= 4 is 15.8 Å². The Balaban J connectivity index is 2.76. The van der Waals surface area contributed by atoms with Crippen LogP contribution in [-0.4, -0.2) is 36.3 Å². The van der Waals surface area contributed by atoms with E-state index in [1.165, 1.54) is 10.8 Å². The van der Waals surface area contributed by atoms with E-state index < -0.39 is 15.6 Å². The van der Waals surface area contributed by atoms with Crippen LogP contribution < -0.4 is 15.6 Å². The van der Waals surface area contributed by atoms with Crippen LogP contribution in [0.25, 0.3) is 0 Å². The first kappa shape index (κ1) is 14.7. The van der Waals surface area contributed by atoms with E-state index in [9.17, 15) is 13.2 Å². The van der Waals surface area contributed by atoms with E-state index in [-0.39, 0.29) is 17.9 Å². The van der Waals surface area contributed by atoms with Crippen LogP contribution in [0.5, 0.6) is 0 Å². The van der Waals surface area contributed by atoms with Gasteiger partial charge < -0.3 is 9.88 Å². The first-order valence-electron chi connectivity index (χ1n) is 5.35. The molecule has 0 aromatic carbocycles. The van der Waals surface area contributed by atoms with Gasteiger partial charge in [0.25, 0.3) is 5.56 Å². The summed E-state index contributed by atoms with van der Waals surface area (Å²) >= 11 is 0. The van der Waals surface area contributed by atoms with E-state index in [2.05, 4.69) is 15.0 Å². The normalized spacial score (nSPS) is 12.4. The van der Waals surface area contributed by atoms with Crippen LogP contribution >= 0.6 is 0 Å². The molecule has 2 N–H and O–H groups in total. The lowest BCUT2D eigenvalue weighted by Crippen LogP contribution is -2.48. The maximum absolute atomic E-state index is 11.7. The quantitative estimate of drug-likeness (QED) is 0.756. The van der Waals surface area contributed by atoms with Crippen LogP contribution in [0.1, 0.15) is 13.8 Å². The minimum atomic E-state index is -3.30. The number of aryl methyl sites for hydroxylation is 1. The number of hydrogen-bond acceptors (Lipinski definition) is 5. The molecule has 7 nitrogen and oxygen atoms in total. The van der Waals surface area contributed by atoms with Gasteiger partial charge in [-0.05, 0) is 13.8 Å². The van der Waals surface area contributed by atoms with Crippen LogP contribution in [-0.2, 0) is 17.1 Å². The van der Waals surface area contributed by atoms with Crippen molar-refractivity contribution in [1.82, 2.24) is 14.3 Å².